The van der Waals surface area contributed by atoms with E-state index in [4.69, 9.17) is 4.74 Å². The van der Waals surface area contributed by atoms with Crippen molar-refractivity contribution < 1.29 is 19.1 Å². The van der Waals surface area contributed by atoms with Gasteiger partial charge in [0.15, 0.2) is 12.8 Å². The molecule has 2 aromatic rings. The number of amides is 1. The van der Waals surface area contributed by atoms with Crippen molar-refractivity contribution in [2.75, 3.05) is 11.9 Å². The van der Waals surface area contributed by atoms with E-state index in [1.807, 2.05) is 24.3 Å². The van der Waals surface area contributed by atoms with E-state index >= 15 is 0 Å². The monoisotopic (exact) mass is 328 g/mol. The van der Waals surface area contributed by atoms with Gasteiger partial charge < -0.3 is 15.3 Å². The third-order valence-corrected chi connectivity index (χ3v) is 3.75. The molecule has 24 heavy (non-hydrogen) atoms. The minimum absolute atomic E-state index is 0.162. The van der Waals surface area contributed by atoms with Crippen molar-refractivity contribution in [1.82, 2.24) is 0 Å². The first-order valence-electron chi connectivity index (χ1n) is 7.77. The van der Waals surface area contributed by atoms with Gasteiger partial charge in [-0.15, -0.1) is 0 Å². The molecule has 1 N–H and O–H groups in total. The third kappa shape index (κ3) is 4.32. The largest absolute Gasteiger partial charge is 0.618 e. The summed E-state index contributed by atoms with van der Waals surface area (Å²) in [4.78, 5) is 23.8. The number of hydrogen-bond acceptors (Lipinski definition) is 4. The first-order chi connectivity index (χ1) is 11.5. The summed E-state index contributed by atoms with van der Waals surface area (Å²) < 4.78 is 5.30. The Morgan fingerprint density at radius 1 is 1.21 bits per heavy atom. The van der Waals surface area contributed by atoms with Crippen LogP contribution < -0.4 is 10.0 Å². The molecular weight excluding hydrogens is 308 g/mol. The average Bonchev–Trinajstić information content (AvgIpc) is 2.60. The summed E-state index contributed by atoms with van der Waals surface area (Å²) in [6.07, 6.45) is 2.14. The lowest BCUT2D eigenvalue weighted by Crippen LogP contribution is -2.35. The Bertz CT molecular complexity index is 730. The number of nitrogens with one attached hydrogen (secondary N) is 1. The van der Waals surface area contributed by atoms with Gasteiger partial charge in [0, 0.05) is 17.8 Å². The number of nitrogens with zero attached hydrogens (tertiary/aromatic N) is 1. The Kier molecular flexibility index (Phi) is 5.89. The SMILES string of the molecule is CC[C@H](C)c1ccccc1NC(=O)COC(=O)c1cccc[n+]1[O-]. The van der Waals surface area contributed by atoms with Gasteiger partial charge in [-0.25, -0.2) is 4.79 Å². The zero-order valence-electron chi connectivity index (χ0n) is 13.7. The zero-order chi connectivity index (χ0) is 17.5. The van der Waals surface area contributed by atoms with E-state index in [2.05, 4.69) is 19.2 Å². The Hall–Kier alpha value is -2.89. The number of benzene rings is 1. The molecule has 0 aliphatic carbocycles. The van der Waals surface area contributed by atoms with Gasteiger partial charge in [-0.1, -0.05) is 32.0 Å². The molecule has 2 rings (SSSR count). The Morgan fingerprint density at radius 2 is 1.92 bits per heavy atom. The molecule has 1 heterocycles. The number of pyridine rings is 1. The molecule has 6 heteroatoms. The van der Waals surface area contributed by atoms with Gasteiger partial charge in [-0.05, 0) is 30.0 Å². The highest BCUT2D eigenvalue weighted by Crippen LogP contribution is 2.26. The molecule has 0 saturated carbocycles. The molecule has 0 aliphatic heterocycles. The fourth-order valence-electron chi connectivity index (χ4n) is 2.24. The minimum Gasteiger partial charge on any atom is -0.618 e. The molecule has 0 saturated heterocycles. The van der Waals surface area contributed by atoms with Crippen LogP contribution in [-0.2, 0) is 9.53 Å². The number of carbonyl (C=O) groups is 2. The van der Waals surface area contributed by atoms with Crippen LogP contribution in [0.25, 0.3) is 0 Å². The van der Waals surface area contributed by atoms with Crippen molar-refractivity contribution in [3.05, 3.63) is 65.1 Å². The van der Waals surface area contributed by atoms with Crippen LogP contribution >= 0.6 is 0 Å². The molecule has 126 valence electrons. The summed E-state index contributed by atoms with van der Waals surface area (Å²) in [5.41, 5.74) is 1.57. The van der Waals surface area contributed by atoms with Crippen LogP contribution in [0.3, 0.4) is 0 Å². The topological polar surface area (TPSA) is 82.3 Å². The van der Waals surface area contributed by atoms with Crippen molar-refractivity contribution in [3.63, 3.8) is 0 Å². The second kappa shape index (κ2) is 8.10. The Labute approximate surface area is 140 Å². The quantitative estimate of drug-likeness (QED) is 0.502. The molecular formula is C18H20N2O4. The van der Waals surface area contributed by atoms with E-state index < -0.39 is 18.5 Å². The van der Waals surface area contributed by atoms with Gasteiger partial charge in [0.2, 0.25) is 0 Å². The fourth-order valence-corrected chi connectivity index (χ4v) is 2.24. The molecule has 1 aromatic carbocycles. The number of carbonyl (C=O) groups excluding carboxylic acids is 2. The zero-order valence-corrected chi connectivity index (χ0v) is 13.7. The highest BCUT2D eigenvalue weighted by atomic mass is 16.5. The summed E-state index contributed by atoms with van der Waals surface area (Å²) in [5.74, 6) is -0.990. The Balaban J connectivity index is 1.97. The van der Waals surface area contributed by atoms with E-state index in [9.17, 15) is 14.8 Å². The number of ether oxygens (including phenoxy) is 1. The molecule has 1 aromatic heterocycles. The molecule has 0 aliphatic rings. The van der Waals surface area contributed by atoms with Crippen molar-refractivity contribution in [2.24, 2.45) is 0 Å². The average molecular weight is 328 g/mol. The lowest BCUT2D eigenvalue weighted by molar-refractivity contribution is -0.608. The molecule has 0 bridgehead atoms. The molecule has 6 nitrogen and oxygen atoms in total. The third-order valence-electron chi connectivity index (χ3n) is 3.75. The summed E-state index contributed by atoms with van der Waals surface area (Å²) >= 11 is 0. The van der Waals surface area contributed by atoms with E-state index in [1.165, 1.54) is 18.3 Å². The van der Waals surface area contributed by atoms with Gasteiger partial charge in [-0.2, -0.15) is 4.73 Å². The molecule has 1 atom stereocenters. The highest BCUT2D eigenvalue weighted by Gasteiger charge is 2.18. The molecule has 1 amide bonds. The maximum atomic E-state index is 12.0. The van der Waals surface area contributed by atoms with Gasteiger partial charge in [0.25, 0.3) is 5.91 Å². The molecule has 0 fully saturated rings. The normalized spacial score (nSPS) is 11.6. The molecule has 0 radical (unpaired) electrons. The maximum Gasteiger partial charge on any atom is 0.405 e. The van der Waals surface area contributed by atoms with Gasteiger partial charge in [-0.3, -0.25) is 4.79 Å². The van der Waals surface area contributed by atoms with Crippen molar-refractivity contribution in [1.29, 1.82) is 0 Å². The van der Waals surface area contributed by atoms with Gasteiger partial charge in [0.1, 0.15) is 0 Å². The van der Waals surface area contributed by atoms with Crippen LogP contribution in [0, 0.1) is 5.21 Å². The van der Waals surface area contributed by atoms with Crippen molar-refractivity contribution in [2.45, 2.75) is 26.2 Å². The second-order valence-electron chi connectivity index (χ2n) is 5.43. The summed E-state index contributed by atoms with van der Waals surface area (Å²) in [6, 6.07) is 11.9. The molecule has 0 spiro atoms. The lowest BCUT2D eigenvalue weighted by atomic mass is 9.97. The van der Waals surface area contributed by atoms with Gasteiger partial charge in [0.05, 0.1) is 0 Å². The lowest BCUT2D eigenvalue weighted by Gasteiger charge is -2.15. The predicted octanol–water partition coefficient (Wildman–Crippen LogP) is 2.63. The number of para-hydroxylation sites is 1. The van der Waals surface area contributed by atoms with E-state index in [0.29, 0.717) is 16.3 Å². The van der Waals surface area contributed by atoms with Crippen molar-refractivity contribution in [3.8, 4) is 0 Å². The predicted molar refractivity (Wildman–Crippen MR) is 89.5 cm³/mol. The number of rotatable bonds is 6. The van der Waals surface area contributed by atoms with Crippen LogP contribution in [0.15, 0.2) is 48.7 Å². The number of esters is 1. The summed E-state index contributed by atoms with van der Waals surface area (Å²) in [7, 11) is 0. The first kappa shape index (κ1) is 17.5. The first-order valence-corrected chi connectivity index (χ1v) is 7.77. The standard InChI is InChI=1S/C18H20N2O4/c1-3-13(2)14-8-4-5-9-15(14)19-17(21)12-24-18(22)16-10-6-7-11-20(16)23/h4-11,13H,3,12H2,1-2H3,(H,19,21)/t13-/m0/s1. The fraction of sp³-hybridized carbons (Fsp3) is 0.278. The Morgan fingerprint density at radius 3 is 2.62 bits per heavy atom. The number of hydrogen-bond donors (Lipinski definition) is 1. The highest BCUT2D eigenvalue weighted by molar-refractivity contribution is 5.95. The number of anilines is 1. The smallest absolute Gasteiger partial charge is 0.405 e. The van der Waals surface area contributed by atoms with E-state index in [-0.39, 0.29) is 5.69 Å². The summed E-state index contributed by atoms with van der Waals surface area (Å²) in [6.45, 7) is 3.69. The van der Waals surface area contributed by atoms with Crippen LogP contribution in [0.2, 0.25) is 0 Å². The van der Waals surface area contributed by atoms with Crippen LogP contribution in [-0.4, -0.2) is 18.5 Å². The minimum atomic E-state index is -0.837. The second-order valence-corrected chi connectivity index (χ2v) is 5.43. The van der Waals surface area contributed by atoms with Crippen LogP contribution in [0.4, 0.5) is 5.69 Å². The van der Waals surface area contributed by atoms with E-state index in [0.717, 1.165) is 12.0 Å². The van der Waals surface area contributed by atoms with Crippen molar-refractivity contribution >= 4 is 17.6 Å². The van der Waals surface area contributed by atoms with Gasteiger partial charge >= 0.3 is 11.7 Å². The maximum absolute atomic E-state index is 12.0. The molecule has 0 unspecified atom stereocenters. The number of aromatic nitrogens is 1. The van der Waals surface area contributed by atoms with E-state index in [1.54, 1.807) is 6.07 Å². The summed E-state index contributed by atoms with van der Waals surface area (Å²) in [5, 5.41) is 14.2. The van der Waals surface area contributed by atoms with Crippen LogP contribution in [0.5, 0.6) is 0 Å². The van der Waals surface area contributed by atoms with Crippen LogP contribution in [0.1, 0.15) is 42.2 Å².